The molecule has 0 unspecified atom stereocenters. The summed E-state index contributed by atoms with van der Waals surface area (Å²) in [6, 6.07) is 7.62. The van der Waals surface area contributed by atoms with E-state index >= 15 is 0 Å². The molecule has 0 saturated heterocycles. The molecule has 0 fully saturated rings. The molecule has 0 bridgehead atoms. The Morgan fingerprint density at radius 1 is 1.06 bits per heavy atom. The van der Waals surface area contributed by atoms with Gasteiger partial charge in [-0.1, -0.05) is 29.7 Å². The highest BCUT2D eigenvalue weighted by Crippen LogP contribution is 2.17. The third-order valence-corrected chi connectivity index (χ3v) is 2.35. The monoisotopic (exact) mass is 244 g/mol. The summed E-state index contributed by atoms with van der Waals surface area (Å²) in [6.45, 7) is 6.13. The first-order valence-corrected chi connectivity index (χ1v) is 5.79. The standard InChI is InChI=1S/C14H13ClN2/c1-14(2,3)9-8-12-13(15)17-11-7-5-4-6-10(11)16-12/h4-7H,1-3H3. The molecule has 0 N–H and O–H groups in total. The largest absolute Gasteiger partial charge is 0.234 e. The highest BCUT2D eigenvalue weighted by molar-refractivity contribution is 6.30. The van der Waals surface area contributed by atoms with Crippen LogP contribution in [0.15, 0.2) is 24.3 Å². The molecule has 86 valence electrons. The number of hydrogen-bond acceptors (Lipinski definition) is 2. The Kier molecular flexibility index (Phi) is 3.04. The molecule has 1 aromatic carbocycles. The summed E-state index contributed by atoms with van der Waals surface area (Å²) in [4.78, 5) is 8.69. The molecule has 0 spiro atoms. The number of fused-ring (bicyclic) bond motifs is 1. The van der Waals surface area contributed by atoms with Crippen LogP contribution in [-0.4, -0.2) is 9.97 Å². The number of rotatable bonds is 0. The summed E-state index contributed by atoms with van der Waals surface area (Å²) in [6.07, 6.45) is 0. The molecule has 17 heavy (non-hydrogen) atoms. The van der Waals surface area contributed by atoms with Crippen molar-refractivity contribution in [3.8, 4) is 11.8 Å². The van der Waals surface area contributed by atoms with Crippen molar-refractivity contribution in [2.45, 2.75) is 20.8 Å². The number of halogens is 1. The summed E-state index contributed by atoms with van der Waals surface area (Å²) in [7, 11) is 0. The molecule has 0 radical (unpaired) electrons. The molecule has 2 rings (SSSR count). The minimum atomic E-state index is -0.0728. The fourth-order valence-corrected chi connectivity index (χ4v) is 1.49. The van der Waals surface area contributed by atoms with Gasteiger partial charge in [-0.25, -0.2) is 9.97 Å². The van der Waals surface area contributed by atoms with Crippen molar-refractivity contribution in [1.29, 1.82) is 0 Å². The van der Waals surface area contributed by atoms with Crippen LogP contribution >= 0.6 is 11.6 Å². The van der Waals surface area contributed by atoms with Crippen LogP contribution in [0.1, 0.15) is 26.5 Å². The van der Waals surface area contributed by atoms with Gasteiger partial charge in [0.2, 0.25) is 0 Å². The van der Waals surface area contributed by atoms with E-state index in [2.05, 4.69) is 21.8 Å². The van der Waals surface area contributed by atoms with E-state index < -0.39 is 0 Å². The Morgan fingerprint density at radius 2 is 1.65 bits per heavy atom. The Hall–Kier alpha value is -1.59. The van der Waals surface area contributed by atoms with Crippen LogP contribution in [-0.2, 0) is 0 Å². The number of nitrogens with zero attached hydrogens (tertiary/aromatic N) is 2. The highest BCUT2D eigenvalue weighted by Gasteiger charge is 2.07. The number of para-hydroxylation sites is 2. The van der Waals surface area contributed by atoms with Crippen molar-refractivity contribution < 1.29 is 0 Å². The van der Waals surface area contributed by atoms with Crippen LogP contribution in [0.3, 0.4) is 0 Å². The zero-order valence-corrected chi connectivity index (χ0v) is 10.8. The summed E-state index contributed by atoms with van der Waals surface area (Å²) < 4.78 is 0. The third-order valence-electron chi connectivity index (χ3n) is 2.08. The van der Waals surface area contributed by atoms with Gasteiger partial charge in [0, 0.05) is 5.41 Å². The molecule has 1 aromatic heterocycles. The van der Waals surface area contributed by atoms with Gasteiger partial charge in [0.1, 0.15) is 0 Å². The lowest BCUT2D eigenvalue weighted by molar-refractivity contribution is 0.571. The van der Waals surface area contributed by atoms with E-state index in [1.165, 1.54) is 0 Å². The first kappa shape index (κ1) is 11.9. The number of hydrogen-bond donors (Lipinski definition) is 0. The lowest BCUT2D eigenvalue weighted by Crippen LogP contribution is -2.00. The average Bonchev–Trinajstić information content (AvgIpc) is 2.25. The molecule has 1 heterocycles. The fraction of sp³-hybridized carbons (Fsp3) is 0.286. The second kappa shape index (κ2) is 4.35. The maximum atomic E-state index is 6.06. The Labute approximate surface area is 106 Å². The van der Waals surface area contributed by atoms with Crippen LogP contribution in [0.4, 0.5) is 0 Å². The highest BCUT2D eigenvalue weighted by atomic mass is 35.5. The quantitative estimate of drug-likeness (QED) is 0.661. The first-order valence-electron chi connectivity index (χ1n) is 5.41. The van der Waals surface area contributed by atoms with Gasteiger partial charge < -0.3 is 0 Å². The fourth-order valence-electron chi connectivity index (χ4n) is 1.30. The molecular formula is C14H13ClN2. The SMILES string of the molecule is CC(C)(C)C#Cc1nc2ccccc2nc1Cl. The normalized spacial score (nSPS) is 11.1. The lowest BCUT2D eigenvalue weighted by atomic mass is 9.98. The predicted molar refractivity (Wildman–Crippen MR) is 70.9 cm³/mol. The van der Waals surface area contributed by atoms with Gasteiger partial charge in [-0.2, -0.15) is 0 Å². The van der Waals surface area contributed by atoms with Gasteiger partial charge >= 0.3 is 0 Å². The Morgan fingerprint density at radius 3 is 2.24 bits per heavy atom. The summed E-state index contributed by atoms with van der Waals surface area (Å²) >= 11 is 6.06. The molecule has 3 heteroatoms. The third kappa shape index (κ3) is 2.95. The van der Waals surface area contributed by atoms with Crippen LogP contribution in [0.5, 0.6) is 0 Å². The maximum Gasteiger partial charge on any atom is 0.164 e. The molecule has 2 aromatic rings. The summed E-state index contributed by atoms with van der Waals surface area (Å²) in [5, 5.41) is 0.362. The van der Waals surface area contributed by atoms with E-state index in [1.54, 1.807) is 0 Å². The Balaban J connectivity index is 2.54. The lowest BCUT2D eigenvalue weighted by Gasteiger charge is -2.07. The number of aromatic nitrogens is 2. The van der Waals surface area contributed by atoms with Crippen molar-refractivity contribution in [2.75, 3.05) is 0 Å². The topological polar surface area (TPSA) is 25.8 Å². The molecule has 0 atom stereocenters. The molecule has 0 saturated carbocycles. The minimum absolute atomic E-state index is 0.0728. The molecule has 0 aliphatic heterocycles. The van der Waals surface area contributed by atoms with E-state index in [4.69, 9.17) is 11.6 Å². The van der Waals surface area contributed by atoms with Crippen molar-refractivity contribution in [2.24, 2.45) is 5.41 Å². The van der Waals surface area contributed by atoms with Gasteiger partial charge in [0.15, 0.2) is 10.8 Å². The van der Waals surface area contributed by atoms with Crippen LogP contribution in [0.25, 0.3) is 11.0 Å². The van der Waals surface area contributed by atoms with Crippen LogP contribution in [0.2, 0.25) is 5.15 Å². The van der Waals surface area contributed by atoms with E-state index in [9.17, 15) is 0 Å². The van der Waals surface area contributed by atoms with E-state index in [0.717, 1.165) is 11.0 Å². The summed E-state index contributed by atoms with van der Waals surface area (Å²) in [5.41, 5.74) is 2.07. The van der Waals surface area contributed by atoms with E-state index in [-0.39, 0.29) is 5.41 Å². The maximum absolute atomic E-state index is 6.06. The van der Waals surface area contributed by atoms with Gasteiger partial charge in [0.05, 0.1) is 11.0 Å². The number of benzene rings is 1. The van der Waals surface area contributed by atoms with Crippen molar-refractivity contribution in [1.82, 2.24) is 9.97 Å². The average molecular weight is 245 g/mol. The van der Waals surface area contributed by atoms with Gasteiger partial charge in [-0.15, -0.1) is 0 Å². The minimum Gasteiger partial charge on any atom is -0.234 e. The van der Waals surface area contributed by atoms with E-state index in [1.807, 2.05) is 45.0 Å². The molecule has 0 aliphatic rings. The summed E-state index contributed by atoms with van der Waals surface area (Å²) in [5.74, 6) is 6.10. The van der Waals surface area contributed by atoms with Crippen molar-refractivity contribution in [3.63, 3.8) is 0 Å². The van der Waals surface area contributed by atoms with Gasteiger partial charge in [0.25, 0.3) is 0 Å². The first-order chi connectivity index (χ1) is 7.96. The molecular weight excluding hydrogens is 232 g/mol. The molecule has 0 amide bonds. The zero-order valence-electron chi connectivity index (χ0n) is 10.1. The smallest absolute Gasteiger partial charge is 0.164 e. The van der Waals surface area contributed by atoms with Gasteiger partial charge in [-0.3, -0.25) is 0 Å². The van der Waals surface area contributed by atoms with E-state index in [0.29, 0.717) is 10.8 Å². The zero-order chi connectivity index (χ0) is 12.5. The Bertz CT molecular complexity index is 615. The molecule has 2 nitrogen and oxygen atoms in total. The predicted octanol–water partition coefficient (Wildman–Crippen LogP) is 3.68. The van der Waals surface area contributed by atoms with Crippen LogP contribution < -0.4 is 0 Å². The second-order valence-corrected chi connectivity index (χ2v) is 5.21. The van der Waals surface area contributed by atoms with Crippen LogP contribution in [0, 0.1) is 17.3 Å². The molecule has 0 aliphatic carbocycles. The van der Waals surface area contributed by atoms with Crippen molar-refractivity contribution >= 4 is 22.6 Å². The second-order valence-electron chi connectivity index (χ2n) is 4.85. The van der Waals surface area contributed by atoms with Crippen molar-refractivity contribution in [3.05, 3.63) is 35.1 Å². The van der Waals surface area contributed by atoms with Gasteiger partial charge in [-0.05, 0) is 38.8 Å².